The van der Waals surface area contributed by atoms with Crippen LogP contribution in [-0.4, -0.2) is 42.2 Å². The van der Waals surface area contributed by atoms with Crippen molar-refractivity contribution in [2.24, 2.45) is 5.73 Å². The maximum absolute atomic E-state index is 11.2. The van der Waals surface area contributed by atoms with Gasteiger partial charge in [0, 0.05) is 13.1 Å². The minimum Gasteiger partial charge on any atom is -0.464 e. The van der Waals surface area contributed by atoms with Crippen molar-refractivity contribution in [3.8, 4) is 0 Å². The number of urea groups is 1. The summed E-state index contributed by atoms with van der Waals surface area (Å²) in [6, 6.07) is -0.596. The number of ether oxygens (including phenoxy) is 1. The van der Waals surface area contributed by atoms with Gasteiger partial charge in [0.15, 0.2) is 5.69 Å². The molecule has 0 unspecified atom stereocenters. The molecule has 0 saturated heterocycles. The summed E-state index contributed by atoms with van der Waals surface area (Å²) in [5.74, 6) is -0.143. The van der Waals surface area contributed by atoms with Crippen molar-refractivity contribution >= 4 is 17.8 Å². The van der Waals surface area contributed by atoms with Crippen molar-refractivity contribution in [1.29, 1.82) is 0 Å². The summed E-state index contributed by atoms with van der Waals surface area (Å²) in [7, 11) is 1.26. The Morgan fingerprint density at radius 2 is 2.18 bits per heavy atom. The van der Waals surface area contributed by atoms with Crippen molar-refractivity contribution in [2.75, 3.05) is 25.5 Å². The molecule has 0 aromatic carbocycles. The van der Waals surface area contributed by atoms with Crippen molar-refractivity contribution in [1.82, 2.24) is 15.3 Å². The third kappa shape index (κ3) is 4.33. The second-order valence-electron chi connectivity index (χ2n) is 3.00. The molecule has 0 spiro atoms. The lowest BCUT2D eigenvalue weighted by molar-refractivity contribution is 0.0593. The van der Waals surface area contributed by atoms with Crippen LogP contribution in [0.15, 0.2) is 12.4 Å². The summed E-state index contributed by atoms with van der Waals surface area (Å²) < 4.78 is 4.51. The second kappa shape index (κ2) is 6.26. The van der Waals surface area contributed by atoms with E-state index in [0.717, 1.165) is 0 Å². The topological polar surface area (TPSA) is 119 Å². The van der Waals surface area contributed by atoms with Gasteiger partial charge in [-0.05, 0) is 0 Å². The molecular formula is C9H13N5O3. The molecule has 1 rings (SSSR count). The minimum absolute atomic E-state index is 0.111. The maximum atomic E-state index is 11.2. The lowest BCUT2D eigenvalue weighted by Gasteiger charge is -2.06. The smallest absolute Gasteiger partial charge is 0.358 e. The SMILES string of the molecule is COC(=O)c1cncc(NCCNC(N)=O)n1. The van der Waals surface area contributed by atoms with E-state index in [4.69, 9.17) is 5.73 Å². The third-order valence-corrected chi connectivity index (χ3v) is 1.76. The zero-order valence-corrected chi connectivity index (χ0v) is 9.27. The zero-order valence-electron chi connectivity index (χ0n) is 9.27. The monoisotopic (exact) mass is 239 g/mol. The minimum atomic E-state index is -0.596. The fourth-order valence-corrected chi connectivity index (χ4v) is 1.03. The van der Waals surface area contributed by atoms with Crippen LogP contribution in [0, 0.1) is 0 Å². The molecule has 0 atom stereocenters. The fourth-order valence-electron chi connectivity index (χ4n) is 1.03. The molecule has 1 heterocycles. The molecule has 1 aromatic rings. The Morgan fingerprint density at radius 1 is 1.41 bits per heavy atom. The fraction of sp³-hybridized carbons (Fsp3) is 0.333. The lowest BCUT2D eigenvalue weighted by atomic mass is 10.4. The van der Waals surface area contributed by atoms with Crippen molar-refractivity contribution in [3.05, 3.63) is 18.1 Å². The number of hydrogen-bond donors (Lipinski definition) is 3. The Kier molecular flexibility index (Phi) is 4.67. The van der Waals surface area contributed by atoms with Gasteiger partial charge >= 0.3 is 12.0 Å². The number of hydrogen-bond acceptors (Lipinski definition) is 6. The van der Waals surface area contributed by atoms with E-state index in [9.17, 15) is 9.59 Å². The first-order valence-electron chi connectivity index (χ1n) is 4.81. The normalized spacial score (nSPS) is 9.47. The number of carbonyl (C=O) groups is 2. The molecule has 17 heavy (non-hydrogen) atoms. The molecule has 92 valence electrons. The summed E-state index contributed by atoms with van der Waals surface area (Å²) in [6.45, 7) is 0.766. The number of nitrogens with zero attached hydrogens (tertiary/aromatic N) is 2. The summed E-state index contributed by atoms with van der Waals surface area (Å²) in [5.41, 5.74) is 5.00. The summed E-state index contributed by atoms with van der Waals surface area (Å²) >= 11 is 0. The number of amides is 2. The summed E-state index contributed by atoms with van der Waals surface area (Å²) in [4.78, 5) is 29.3. The van der Waals surface area contributed by atoms with Gasteiger partial charge in [-0.25, -0.2) is 14.6 Å². The van der Waals surface area contributed by atoms with E-state index >= 15 is 0 Å². The molecular weight excluding hydrogens is 226 g/mol. The Hall–Kier alpha value is -2.38. The third-order valence-electron chi connectivity index (χ3n) is 1.76. The van der Waals surface area contributed by atoms with E-state index in [1.165, 1.54) is 19.5 Å². The Morgan fingerprint density at radius 3 is 2.82 bits per heavy atom. The van der Waals surface area contributed by atoms with Crippen molar-refractivity contribution in [3.63, 3.8) is 0 Å². The van der Waals surface area contributed by atoms with Crippen LogP contribution in [-0.2, 0) is 4.74 Å². The van der Waals surface area contributed by atoms with Gasteiger partial charge in [0.25, 0.3) is 0 Å². The number of nitrogens with two attached hydrogens (primary N) is 1. The van der Waals surface area contributed by atoms with Crippen LogP contribution in [0.1, 0.15) is 10.5 Å². The van der Waals surface area contributed by atoms with Gasteiger partial charge in [0.2, 0.25) is 0 Å². The molecule has 4 N–H and O–H groups in total. The summed E-state index contributed by atoms with van der Waals surface area (Å²) in [5, 5.41) is 5.27. The van der Waals surface area contributed by atoms with Gasteiger partial charge in [-0.15, -0.1) is 0 Å². The quantitative estimate of drug-likeness (QED) is 0.463. The average molecular weight is 239 g/mol. The lowest BCUT2D eigenvalue weighted by Crippen LogP contribution is -2.33. The van der Waals surface area contributed by atoms with Gasteiger partial charge in [-0.2, -0.15) is 0 Å². The number of esters is 1. The highest BCUT2D eigenvalue weighted by molar-refractivity contribution is 5.87. The van der Waals surface area contributed by atoms with Crippen LogP contribution in [0.3, 0.4) is 0 Å². The van der Waals surface area contributed by atoms with E-state index in [2.05, 4.69) is 25.3 Å². The van der Waals surface area contributed by atoms with Crippen LogP contribution < -0.4 is 16.4 Å². The van der Waals surface area contributed by atoms with Crippen molar-refractivity contribution in [2.45, 2.75) is 0 Å². The number of aromatic nitrogens is 2. The predicted molar refractivity (Wildman–Crippen MR) is 59.4 cm³/mol. The molecule has 8 heteroatoms. The molecule has 2 amide bonds. The van der Waals surface area contributed by atoms with Crippen molar-refractivity contribution < 1.29 is 14.3 Å². The molecule has 8 nitrogen and oxygen atoms in total. The molecule has 0 radical (unpaired) electrons. The molecule has 0 aliphatic carbocycles. The first kappa shape index (κ1) is 12.7. The highest BCUT2D eigenvalue weighted by Gasteiger charge is 2.07. The van der Waals surface area contributed by atoms with Gasteiger partial charge in [0.1, 0.15) is 5.82 Å². The number of nitrogens with one attached hydrogen (secondary N) is 2. The maximum Gasteiger partial charge on any atom is 0.358 e. The molecule has 1 aromatic heterocycles. The molecule has 0 fully saturated rings. The molecule has 0 saturated carbocycles. The number of carbonyl (C=O) groups excluding carboxylic acids is 2. The number of methoxy groups -OCH3 is 1. The average Bonchev–Trinajstić information content (AvgIpc) is 2.34. The van der Waals surface area contributed by atoms with Gasteiger partial charge in [0.05, 0.1) is 19.5 Å². The van der Waals surface area contributed by atoms with E-state index < -0.39 is 12.0 Å². The van der Waals surface area contributed by atoms with E-state index in [1.807, 2.05) is 0 Å². The van der Waals surface area contributed by atoms with Gasteiger partial charge in [-0.1, -0.05) is 0 Å². The van der Waals surface area contributed by atoms with Gasteiger partial charge < -0.3 is 21.1 Å². The largest absolute Gasteiger partial charge is 0.464 e. The van der Waals surface area contributed by atoms with Gasteiger partial charge in [-0.3, -0.25) is 4.98 Å². The number of anilines is 1. The van der Waals surface area contributed by atoms with Crippen LogP contribution in [0.25, 0.3) is 0 Å². The predicted octanol–water partition coefficient (Wildman–Crippen LogP) is -0.657. The molecule has 0 bridgehead atoms. The Balaban J connectivity index is 2.48. The first-order valence-corrected chi connectivity index (χ1v) is 4.81. The first-order chi connectivity index (χ1) is 8.13. The zero-order chi connectivity index (χ0) is 12.7. The highest BCUT2D eigenvalue weighted by atomic mass is 16.5. The highest BCUT2D eigenvalue weighted by Crippen LogP contribution is 2.02. The number of primary amides is 1. The van der Waals surface area contributed by atoms with Crippen LogP contribution in [0.4, 0.5) is 10.6 Å². The van der Waals surface area contributed by atoms with E-state index in [1.54, 1.807) is 0 Å². The molecule has 0 aliphatic heterocycles. The standard InChI is InChI=1S/C9H13N5O3/c1-17-8(15)6-4-11-5-7(14-6)12-2-3-13-9(10)16/h4-5H,2-3H2,1H3,(H,12,14)(H3,10,13,16). The Bertz CT molecular complexity index is 409. The van der Waals surface area contributed by atoms with E-state index in [-0.39, 0.29) is 5.69 Å². The van der Waals surface area contributed by atoms with Crippen LogP contribution in [0.5, 0.6) is 0 Å². The van der Waals surface area contributed by atoms with E-state index in [0.29, 0.717) is 18.9 Å². The Labute approximate surface area is 97.6 Å². The number of rotatable bonds is 5. The second-order valence-corrected chi connectivity index (χ2v) is 3.00. The van der Waals surface area contributed by atoms with Crippen LogP contribution in [0.2, 0.25) is 0 Å². The van der Waals surface area contributed by atoms with Crippen LogP contribution >= 0.6 is 0 Å². The molecule has 0 aliphatic rings. The summed E-state index contributed by atoms with van der Waals surface area (Å²) in [6.07, 6.45) is 2.76.